The maximum absolute atomic E-state index is 12.3. The number of anilines is 1. The largest absolute Gasteiger partial charge is 0.494 e. The fourth-order valence-electron chi connectivity index (χ4n) is 2.39. The first-order valence-corrected chi connectivity index (χ1v) is 9.57. The van der Waals surface area contributed by atoms with Gasteiger partial charge >= 0.3 is 0 Å². The molecular weight excluding hydrogens is 368 g/mol. The first kappa shape index (κ1) is 18.4. The Balaban J connectivity index is 1.60. The van der Waals surface area contributed by atoms with E-state index in [0.29, 0.717) is 22.3 Å². The van der Waals surface area contributed by atoms with Gasteiger partial charge in [0.2, 0.25) is 0 Å². The van der Waals surface area contributed by atoms with Crippen LogP contribution in [-0.4, -0.2) is 17.5 Å². The lowest BCUT2D eigenvalue weighted by Crippen LogP contribution is -2.11. The van der Waals surface area contributed by atoms with Gasteiger partial charge in [-0.25, -0.2) is 4.98 Å². The number of aromatic nitrogens is 1. The minimum absolute atomic E-state index is 0.185. The van der Waals surface area contributed by atoms with Gasteiger partial charge in [0.05, 0.1) is 6.61 Å². The molecule has 0 saturated heterocycles. The molecule has 0 aliphatic heterocycles. The predicted molar refractivity (Wildman–Crippen MR) is 107 cm³/mol. The van der Waals surface area contributed by atoms with Crippen molar-refractivity contribution in [3.05, 3.63) is 75.8 Å². The van der Waals surface area contributed by atoms with E-state index in [9.17, 15) is 4.79 Å². The molecule has 2 aromatic carbocycles. The topological polar surface area (TPSA) is 51.2 Å². The lowest BCUT2D eigenvalue weighted by molar-refractivity contribution is 0.102. The molecule has 1 N–H and O–H groups in total. The quantitative estimate of drug-likeness (QED) is 0.589. The first-order chi connectivity index (χ1) is 12.6. The van der Waals surface area contributed by atoms with Gasteiger partial charge in [-0.05, 0) is 48.4 Å². The van der Waals surface area contributed by atoms with Crippen molar-refractivity contribution in [2.75, 3.05) is 11.9 Å². The molecule has 0 fully saturated rings. The molecule has 1 amide bonds. The van der Waals surface area contributed by atoms with Gasteiger partial charge < -0.3 is 4.74 Å². The molecule has 1 aromatic heterocycles. The number of thiazole rings is 1. The third kappa shape index (κ3) is 5.07. The number of nitrogens with one attached hydrogen (secondary N) is 1. The van der Waals surface area contributed by atoms with Crippen molar-refractivity contribution in [3.63, 3.8) is 0 Å². The standard InChI is InChI=1S/C20H19ClN2O2S/c1-2-10-25-17-8-6-15(7-9-17)19(24)23-20-22-13-18(26-20)12-14-4-3-5-16(21)11-14/h3-9,11,13H,2,10,12H2,1H3,(H,22,23,24). The van der Waals surface area contributed by atoms with Gasteiger partial charge in [0.1, 0.15) is 5.75 Å². The number of rotatable bonds is 7. The van der Waals surface area contributed by atoms with E-state index in [1.807, 2.05) is 24.3 Å². The Morgan fingerprint density at radius 3 is 2.77 bits per heavy atom. The van der Waals surface area contributed by atoms with Gasteiger partial charge in [-0.15, -0.1) is 11.3 Å². The molecule has 3 aromatic rings. The van der Waals surface area contributed by atoms with Gasteiger partial charge in [-0.1, -0.05) is 30.7 Å². The van der Waals surface area contributed by atoms with Gasteiger partial charge in [-0.3, -0.25) is 10.1 Å². The summed E-state index contributed by atoms with van der Waals surface area (Å²) in [5.41, 5.74) is 1.68. The van der Waals surface area contributed by atoms with Crippen LogP contribution in [0.3, 0.4) is 0 Å². The van der Waals surface area contributed by atoms with E-state index in [2.05, 4.69) is 17.2 Å². The van der Waals surface area contributed by atoms with Gasteiger partial charge in [0.25, 0.3) is 5.91 Å². The second kappa shape index (κ2) is 8.83. The monoisotopic (exact) mass is 386 g/mol. The number of benzene rings is 2. The van der Waals surface area contributed by atoms with Crippen LogP contribution >= 0.6 is 22.9 Å². The molecule has 0 spiro atoms. The third-order valence-corrected chi connectivity index (χ3v) is 4.78. The average molecular weight is 387 g/mol. The molecule has 0 aliphatic rings. The van der Waals surface area contributed by atoms with Crippen LogP contribution in [0.1, 0.15) is 34.1 Å². The van der Waals surface area contributed by atoms with E-state index in [1.54, 1.807) is 30.5 Å². The van der Waals surface area contributed by atoms with E-state index >= 15 is 0 Å². The maximum atomic E-state index is 12.3. The van der Waals surface area contributed by atoms with Crippen molar-refractivity contribution in [2.45, 2.75) is 19.8 Å². The molecule has 26 heavy (non-hydrogen) atoms. The molecule has 134 valence electrons. The summed E-state index contributed by atoms with van der Waals surface area (Å²) < 4.78 is 5.53. The number of ether oxygens (including phenoxy) is 1. The highest BCUT2D eigenvalue weighted by Gasteiger charge is 2.10. The van der Waals surface area contributed by atoms with Gasteiger partial charge in [-0.2, -0.15) is 0 Å². The smallest absolute Gasteiger partial charge is 0.257 e. The SMILES string of the molecule is CCCOc1ccc(C(=O)Nc2ncc(Cc3cccc(Cl)c3)s2)cc1. The minimum atomic E-state index is -0.185. The molecular formula is C20H19ClN2O2S. The second-order valence-corrected chi connectivity index (χ2v) is 7.32. The van der Waals surface area contributed by atoms with Crippen LogP contribution in [0, 0.1) is 0 Å². The number of nitrogens with zero attached hydrogens (tertiary/aromatic N) is 1. The van der Waals surface area contributed by atoms with E-state index in [-0.39, 0.29) is 5.91 Å². The van der Waals surface area contributed by atoms with Crippen LogP contribution in [0.5, 0.6) is 5.75 Å². The van der Waals surface area contributed by atoms with Gasteiger partial charge in [0.15, 0.2) is 5.13 Å². The highest BCUT2D eigenvalue weighted by Crippen LogP contribution is 2.23. The molecule has 6 heteroatoms. The Morgan fingerprint density at radius 1 is 1.23 bits per heavy atom. The molecule has 4 nitrogen and oxygen atoms in total. The number of hydrogen-bond acceptors (Lipinski definition) is 4. The summed E-state index contributed by atoms with van der Waals surface area (Å²) in [6.07, 6.45) is 3.46. The van der Waals surface area contributed by atoms with Crippen molar-refractivity contribution < 1.29 is 9.53 Å². The fraction of sp³-hybridized carbons (Fsp3) is 0.200. The fourth-order valence-corrected chi connectivity index (χ4v) is 3.44. The number of carbonyl (C=O) groups is 1. The lowest BCUT2D eigenvalue weighted by Gasteiger charge is -2.05. The summed E-state index contributed by atoms with van der Waals surface area (Å²) in [4.78, 5) is 17.7. The Kier molecular flexibility index (Phi) is 6.26. The predicted octanol–water partition coefficient (Wildman–Crippen LogP) is 5.43. The zero-order valence-corrected chi connectivity index (χ0v) is 15.9. The zero-order chi connectivity index (χ0) is 18.4. The number of halogens is 1. The highest BCUT2D eigenvalue weighted by molar-refractivity contribution is 7.15. The number of amides is 1. The molecule has 1 heterocycles. The summed E-state index contributed by atoms with van der Waals surface area (Å²) in [5, 5.41) is 4.14. The van der Waals surface area contributed by atoms with E-state index in [4.69, 9.17) is 16.3 Å². The van der Waals surface area contributed by atoms with Crippen LogP contribution in [0.15, 0.2) is 54.7 Å². The number of carbonyl (C=O) groups excluding carboxylic acids is 1. The zero-order valence-electron chi connectivity index (χ0n) is 14.4. The Morgan fingerprint density at radius 2 is 2.04 bits per heavy atom. The van der Waals surface area contributed by atoms with Crippen LogP contribution in [0.4, 0.5) is 5.13 Å². The Bertz CT molecular complexity index is 878. The molecule has 0 unspecified atom stereocenters. The minimum Gasteiger partial charge on any atom is -0.494 e. The van der Waals surface area contributed by atoms with Crippen LogP contribution in [0.25, 0.3) is 0 Å². The van der Waals surface area contributed by atoms with Crippen LogP contribution in [0.2, 0.25) is 5.02 Å². The van der Waals surface area contributed by atoms with E-state index in [1.165, 1.54) is 11.3 Å². The van der Waals surface area contributed by atoms with Crippen LogP contribution in [-0.2, 0) is 6.42 Å². The summed E-state index contributed by atoms with van der Waals surface area (Å²) in [6.45, 7) is 2.72. The Hall–Kier alpha value is -2.37. The average Bonchev–Trinajstić information content (AvgIpc) is 3.07. The van der Waals surface area contributed by atoms with E-state index in [0.717, 1.165) is 29.0 Å². The van der Waals surface area contributed by atoms with E-state index < -0.39 is 0 Å². The summed E-state index contributed by atoms with van der Waals surface area (Å²) in [5.74, 6) is 0.581. The lowest BCUT2D eigenvalue weighted by atomic mass is 10.1. The van der Waals surface area contributed by atoms with Crippen molar-refractivity contribution in [1.29, 1.82) is 0 Å². The molecule has 0 bridgehead atoms. The van der Waals surface area contributed by atoms with Crippen molar-refractivity contribution >= 4 is 34.0 Å². The summed E-state index contributed by atoms with van der Waals surface area (Å²) >= 11 is 7.47. The normalized spacial score (nSPS) is 10.5. The molecule has 3 rings (SSSR count). The molecule has 0 radical (unpaired) electrons. The molecule has 0 saturated carbocycles. The highest BCUT2D eigenvalue weighted by atomic mass is 35.5. The van der Waals surface area contributed by atoms with Gasteiger partial charge in [0, 0.05) is 28.1 Å². The summed E-state index contributed by atoms with van der Waals surface area (Å²) in [7, 11) is 0. The third-order valence-electron chi connectivity index (χ3n) is 3.63. The van der Waals surface area contributed by atoms with Crippen molar-refractivity contribution in [3.8, 4) is 5.75 Å². The molecule has 0 atom stereocenters. The Labute approximate surface area is 161 Å². The number of hydrogen-bond donors (Lipinski definition) is 1. The summed E-state index contributed by atoms with van der Waals surface area (Å²) in [6, 6.07) is 14.8. The van der Waals surface area contributed by atoms with Crippen LogP contribution < -0.4 is 10.1 Å². The molecule has 0 aliphatic carbocycles. The second-order valence-electron chi connectivity index (χ2n) is 5.77. The van der Waals surface area contributed by atoms with Crippen molar-refractivity contribution in [2.24, 2.45) is 0 Å². The first-order valence-electron chi connectivity index (χ1n) is 8.37. The maximum Gasteiger partial charge on any atom is 0.257 e. The van der Waals surface area contributed by atoms with Crippen molar-refractivity contribution in [1.82, 2.24) is 4.98 Å².